The maximum absolute atomic E-state index is 13.1. The number of carbonyl (C=O) groups is 2. The zero-order chi connectivity index (χ0) is 22.8. The standard InChI is InChI=1S/C21H23BFN3O5/c1-2-26(21(28)17-7-3-16(14-24)4-8-17)12-11-19(27)25-20(31-22(29)30)13-15-5-9-18(23)10-6-15/h3-10,20,29-30H,2,11-13H2,1H3,(H,25,27)/t20-/m1/s1. The van der Waals surface area contributed by atoms with Crippen molar-refractivity contribution >= 4 is 19.1 Å². The summed E-state index contributed by atoms with van der Waals surface area (Å²) in [6.45, 7) is 2.28. The second-order valence-corrected chi connectivity index (χ2v) is 6.67. The van der Waals surface area contributed by atoms with Gasteiger partial charge in [0, 0.05) is 31.5 Å². The van der Waals surface area contributed by atoms with E-state index in [1.165, 1.54) is 29.2 Å². The van der Waals surface area contributed by atoms with Crippen molar-refractivity contribution in [1.29, 1.82) is 5.26 Å². The maximum atomic E-state index is 13.1. The third-order valence-corrected chi connectivity index (χ3v) is 4.48. The van der Waals surface area contributed by atoms with Gasteiger partial charge in [0.25, 0.3) is 5.91 Å². The van der Waals surface area contributed by atoms with Gasteiger partial charge in [0.2, 0.25) is 5.91 Å². The van der Waals surface area contributed by atoms with Crippen LogP contribution < -0.4 is 5.32 Å². The van der Waals surface area contributed by atoms with Crippen molar-refractivity contribution in [3.8, 4) is 6.07 Å². The monoisotopic (exact) mass is 427 g/mol. The number of carbonyl (C=O) groups excluding carboxylic acids is 2. The minimum absolute atomic E-state index is 0.0410. The lowest BCUT2D eigenvalue weighted by molar-refractivity contribution is -0.124. The summed E-state index contributed by atoms with van der Waals surface area (Å²) < 4.78 is 18.0. The number of halogens is 1. The summed E-state index contributed by atoms with van der Waals surface area (Å²) >= 11 is 0. The van der Waals surface area contributed by atoms with Crippen LogP contribution in [-0.4, -0.2) is 53.4 Å². The molecule has 2 amide bonds. The number of nitrogens with zero attached hydrogens (tertiary/aromatic N) is 2. The molecule has 2 aromatic rings. The SMILES string of the molecule is CCN(CCC(=O)N[C@@H](Cc1ccc(F)cc1)OB(O)O)C(=O)c1ccc(C#N)cc1. The molecule has 0 fully saturated rings. The summed E-state index contributed by atoms with van der Waals surface area (Å²) in [5.74, 6) is -1.15. The van der Waals surface area contributed by atoms with Gasteiger partial charge >= 0.3 is 7.32 Å². The first-order valence-electron chi connectivity index (χ1n) is 9.67. The summed E-state index contributed by atoms with van der Waals surface area (Å²) in [4.78, 5) is 26.5. The topological polar surface area (TPSA) is 123 Å². The van der Waals surface area contributed by atoms with Gasteiger partial charge in [0.1, 0.15) is 12.0 Å². The number of amides is 2. The second kappa shape index (κ2) is 11.8. The first kappa shape index (κ1) is 24.0. The average molecular weight is 427 g/mol. The molecule has 8 nitrogen and oxygen atoms in total. The molecule has 0 saturated heterocycles. The Bertz CT molecular complexity index is 916. The zero-order valence-electron chi connectivity index (χ0n) is 17.0. The van der Waals surface area contributed by atoms with Crippen LogP contribution in [0.25, 0.3) is 0 Å². The Balaban J connectivity index is 1.94. The molecule has 0 aliphatic rings. The third-order valence-electron chi connectivity index (χ3n) is 4.48. The van der Waals surface area contributed by atoms with Crippen LogP contribution >= 0.6 is 0 Å². The zero-order valence-corrected chi connectivity index (χ0v) is 17.0. The Hall–Kier alpha value is -3.26. The molecular formula is C21H23BFN3O5. The molecule has 0 heterocycles. The molecule has 31 heavy (non-hydrogen) atoms. The highest BCUT2D eigenvalue weighted by molar-refractivity contribution is 6.32. The fraction of sp³-hybridized carbons (Fsp3) is 0.286. The number of hydrogen-bond donors (Lipinski definition) is 3. The molecule has 0 saturated carbocycles. The Morgan fingerprint density at radius 2 is 1.84 bits per heavy atom. The molecule has 162 valence electrons. The highest BCUT2D eigenvalue weighted by atomic mass is 19.1. The van der Waals surface area contributed by atoms with E-state index < -0.39 is 25.3 Å². The van der Waals surface area contributed by atoms with Crippen LogP contribution in [0, 0.1) is 17.1 Å². The van der Waals surface area contributed by atoms with Crippen LogP contribution in [0.15, 0.2) is 48.5 Å². The lowest BCUT2D eigenvalue weighted by Crippen LogP contribution is -2.43. The van der Waals surface area contributed by atoms with Crippen molar-refractivity contribution in [2.45, 2.75) is 26.0 Å². The lowest BCUT2D eigenvalue weighted by Gasteiger charge is -2.23. The highest BCUT2D eigenvalue weighted by Gasteiger charge is 2.22. The quantitative estimate of drug-likeness (QED) is 0.387. The summed E-state index contributed by atoms with van der Waals surface area (Å²) in [5.41, 5.74) is 1.47. The molecule has 10 heteroatoms. The highest BCUT2D eigenvalue weighted by Crippen LogP contribution is 2.09. The van der Waals surface area contributed by atoms with Crippen molar-refractivity contribution in [2.75, 3.05) is 13.1 Å². The van der Waals surface area contributed by atoms with E-state index in [0.29, 0.717) is 23.2 Å². The second-order valence-electron chi connectivity index (χ2n) is 6.67. The normalized spacial score (nSPS) is 11.3. The summed E-state index contributed by atoms with van der Waals surface area (Å²) in [6.07, 6.45) is -1.01. The predicted octanol–water partition coefficient (Wildman–Crippen LogP) is 1.22. The van der Waals surface area contributed by atoms with Crippen LogP contribution in [0.4, 0.5) is 4.39 Å². The van der Waals surface area contributed by atoms with Gasteiger partial charge in [0.05, 0.1) is 11.6 Å². The van der Waals surface area contributed by atoms with E-state index in [9.17, 15) is 14.0 Å². The first-order valence-corrected chi connectivity index (χ1v) is 9.67. The van der Waals surface area contributed by atoms with Crippen LogP contribution in [0.2, 0.25) is 0 Å². The van der Waals surface area contributed by atoms with Gasteiger partial charge in [0.15, 0.2) is 0 Å². The van der Waals surface area contributed by atoms with Gasteiger partial charge in [-0.3, -0.25) is 9.59 Å². The molecule has 0 radical (unpaired) electrons. The van der Waals surface area contributed by atoms with E-state index in [-0.39, 0.29) is 25.3 Å². The van der Waals surface area contributed by atoms with Gasteiger partial charge in [-0.1, -0.05) is 12.1 Å². The van der Waals surface area contributed by atoms with Crippen LogP contribution in [0.1, 0.15) is 34.8 Å². The van der Waals surface area contributed by atoms with Gasteiger partial charge in [-0.25, -0.2) is 4.39 Å². The Morgan fingerprint density at radius 3 is 2.39 bits per heavy atom. The molecule has 0 spiro atoms. The molecule has 2 aromatic carbocycles. The van der Waals surface area contributed by atoms with Crippen molar-refractivity contribution in [1.82, 2.24) is 10.2 Å². The largest absolute Gasteiger partial charge is 0.635 e. The lowest BCUT2D eigenvalue weighted by atomic mass is 10.1. The average Bonchev–Trinajstić information content (AvgIpc) is 2.75. The minimum Gasteiger partial charge on any atom is -0.402 e. The Labute approximate surface area is 180 Å². The molecule has 2 rings (SSSR count). The summed E-state index contributed by atoms with van der Waals surface area (Å²) in [7, 11) is -2.10. The van der Waals surface area contributed by atoms with Crippen LogP contribution in [-0.2, 0) is 15.9 Å². The summed E-state index contributed by atoms with van der Waals surface area (Å²) in [6, 6.07) is 13.7. The van der Waals surface area contributed by atoms with E-state index in [1.54, 1.807) is 31.2 Å². The van der Waals surface area contributed by atoms with E-state index in [0.717, 1.165) is 0 Å². The smallest absolute Gasteiger partial charge is 0.402 e. The molecular weight excluding hydrogens is 404 g/mol. The van der Waals surface area contributed by atoms with E-state index in [4.69, 9.17) is 20.0 Å². The Kier molecular flexibility index (Phi) is 9.15. The minimum atomic E-state index is -2.10. The van der Waals surface area contributed by atoms with E-state index in [1.807, 2.05) is 6.07 Å². The van der Waals surface area contributed by atoms with Gasteiger partial charge in [-0.2, -0.15) is 5.26 Å². The number of rotatable bonds is 10. The predicted molar refractivity (Wildman–Crippen MR) is 111 cm³/mol. The van der Waals surface area contributed by atoms with Gasteiger partial charge in [-0.15, -0.1) is 0 Å². The molecule has 0 aliphatic heterocycles. The number of nitriles is 1. The molecule has 0 bridgehead atoms. The molecule has 1 atom stereocenters. The number of hydrogen-bond acceptors (Lipinski definition) is 6. The Morgan fingerprint density at radius 1 is 1.19 bits per heavy atom. The van der Waals surface area contributed by atoms with Crippen molar-refractivity contribution < 1.29 is 28.7 Å². The summed E-state index contributed by atoms with van der Waals surface area (Å²) in [5, 5.41) is 29.6. The first-order chi connectivity index (χ1) is 14.8. The number of benzene rings is 2. The fourth-order valence-corrected chi connectivity index (χ4v) is 2.88. The van der Waals surface area contributed by atoms with Crippen molar-refractivity contribution in [3.05, 3.63) is 71.0 Å². The maximum Gasteiger partial charge on any atom is 0.635 e. The van der Waals surface area contributed by atoms with E-state index in [2.05, 4.69) is 5.32 Å². The fourth-order valence-electron chi connectivity index (χ4n) is 2.88. The van der Waals surface area contributed by atoms with Gasteiger partial charge in [-0.05, 0) is 48.9 Å². The van der Waals surface area contributed by atoms with Crippen LogP contribution in [0.3, 0.4) is 0 Å². The van der Waals surface area contributed by atoms with Crippen molar-refractivity contribution in [2.24, 2.45) is 0 Å². The van der Waals surface area contributed by atoms with Crippen molar-refractivity contribution in [3.63, 3.8) is 0 Å². The van der Waals surface area contributed by atoms with Gasteiger partial charge < -0.3 is 24.9 Å². The molecule has 3 N–H and O–H groups in total. The number of nitrogens with one attached hydrogen (secondary N) is 1. The molecule has 0 aliphatic carbocycles. The third kappa shape index (κ3) is 7.83. The van der Waals surface area contributed by atoms with E-state index >= 15 is 0 Å². The molecule has 0 unspecified atom stereocenters. The van der Waals surface area contributed by atoms with Crippen LogP contribution in [0.5, 0.6) is 0 Å². The molecule has 0 aromatic heterocycles.